The number of pyridine rings is 2. The number of nitrogens with zero attached hydrogens (tertiary/aromatic N) is 5. The molecule has 82 heavy (non-hydrogen) atoms. The number of nitrogens with one attached hydrogen (secondary N) is 3. The summed E-state index contributed by atoms with van der Waals surface area (Å²) >= 11 is 4.85. The Morgan fingerprint density at radius 3 is 1.28 bits per heavy atom. The molecule has 0 unspecified atom stereocenters. The van der Waals surface area contributed by atoms with Crippen LogP contribution in [0.25, 0.3) is 11.5 Å². The molecular weight excluding hydrogens is 1300 g/mol. The van der Waals surface area contributed by atoms with E-state index in [1.54, 1.807) is 32.3 Å². The number of aromatic amines is 1. The normalized spacial score (nSPS) is 9.88. The van der Waals surface area contributed by atoms with Gasteiger partial charge in [-0.2, -0.15) is 52.7 Å². The molecule has 0 saturated carbocycles. The fraction of sp³-hybridized carbons (Fsp3) is 0.238. The molecule has 452 valence electrons. The average molecular weight is 1340 g/mol. The third-order valence-electron chi connectivity index (χ3n) is 7.32. The number of ether oxygens (including phenoxy) is 2. The van der Waals surface area contributed by atoms with Gasteiger partial charge in [-0.3, -0.25) is 59.0 Å². The molecule has 10 N–H and O–H groups in total. The van der Waals surface area contributed by atoms with Crippen LogP contribution in [0.4, 0.5) is 75.4 Å². The number of aromatic nitrogens is 4. The number of carbonyl (C=O) groups is 7. The van der Waals surface area contributed by atoms with Crippen LogP contribution in [0.5, 0.6) is 23.0 Å². The maximum absolute atomic E-state index is 12.7. The van der Waals surface area contributed by atoms with Gasteiger partial charge in [-0.1, -0.05) is 46.7 Å². The topological polar surface area (TPSA) is 424 Å². The van der Waals surface area contributed by atoms with E-state index in [1.807, 2.05) is 0 Å². The van der Waals surface area contributed by atoms with Crippen molar-refractivity contribution < 1.29 is 151 Å². The number of Topliss-reactive ketones (excluding diaryl/α,β-unsaturated/α-hetero) is 3. The molecule has 2 aromatic carbocycles. The van der Waals surface area contributed by atoms with Gasteiger partial charge in [0.15, 0.2) is 24.7 Å². The number of aldehydes is 3. The molecule has 5 aromatic rings. The van der Waals surface area contributed by atoms with Gasteiger partial charge in [-0.15, -0.1) is 0 Å². The predicted octanol–water partition coefficient (Wildman–Crippen LogP) is 5.28. The number of H-pyrrole nitrogens is 1. The molecule has 3 aromatic heterocycles. The first-order valence-electron chi connectivity index (χ1n) is 18.9. The van der Waals surface area contributed by atoms with E-state index in [0.29, 0.717) is 35.4 Å². The van der Waals surface area contributed by atoms with Crippen molar-refractivity contribution in [3.63, 3.8) is 0 Å². The molecule has 5 rings (SSSR count). The fourth-order valence-electron chi connectivity index (χ4n) is 4.16. The number of nitro benzene ring substituents is 2. The molecule has 0 aliphatic rings. The minimum absolute atomic E-state index is 0. The Bertz CT molecular complexity index is 2810. The quantitative estimate of drug-likeness (QED) is 0.0221. The number of carbonyl (C=O) groups excluding carboxylic acids is 7. The van der Waals surface area contributed by atoms with Crippen molar-refractivity contribution >= 4 is 96.8 Å². The van der Waals surface area contributed by atoms with E-state index in [2.05, 4.69) is 62.4 Å². The summed E-state index contributed by atoms with van der Waals surface area (Å²) in [6.45, 7) is 0.972. The summed E-state index contributed by atoms with van der Waals surface area (Å²) in [6, 6.07) is 14.6. The second-order valence-corrected chi connectivity index (χ2v) is 15.8. The molecule has 40 heteroatoms. The number of imidazole rings is 1. The maximum Gasteiger partial charge on any atom is 1.00 e. The molecule has 25 nitrogen and oxygen atoms in total. The summed E-state index contributed by atoms with van der Waals surface area (Å²) in [5, 5.41) is 36.4. The Hall–Kier alpha value is -7.56. The van der Waals surface area contributed by atoms with Crippen molar-refractivity contribution in [2.45, 2.75) is 50.2 Å². The van der Waals surface area contributed by atoms with Crippen LogP contribution < -0.4 is 60.9 Å². The number of ketones is 3. The molecule has 0 fully saturated rings. The van der Waals surface area contributed by atoms with Crippen LogP contribution in [-0.4, -0.2) is 119 Å². The molecule has 0 saturated heterocycles. The van der Waals surface area contributed by atoms with Crippen LogP contribution in [0.3, 0.4) is 0 Å². The Morgan fingerprint density at radius 1 is 0.646 bits per heavy atom. The van der Waals surface area contributed by atoms with E-state index in [4.69, 9.17) is 29.0 Å². The molecule has 0 bridgehead atoms. The fourth-order valence-corrected chi connectivity index (χ4v) is 4.68. The molecule has 0 spiro atoms. The third-order valence-corrected chi connectivity index (χ3v) is 8.15. The summed E-state index contributed by atoms with van der Waals surface area (Å²) in [5.74, 6) is -6.58. The number of hydrogen-bond donors (Lipinski definition) is 4. The first kappa shape index (κ1) is 88.3. The van der Waals surface area contributed by atoms with Crippen LogP contribution in [0.1, 0.15) is 38.0 Å². The summed E-state index contributed by atoms with van der Waals surface area (Å²) in [6.07, 6.45) is -16.8. The van der Waals surface area contributed by atoms with Crippen LogP contribution in [0, 0.1) is 20.2 Å². The summed E-state index contributed by atoms with van der Waals surface area (Å²) in [5.41, 5.74) is -0.194. The first-order valence-corrected chi connectivity index (χ1v) is 20.8. The maximum atomic E-state index is 12.7. The Balaban J connectivity index is -0.000000180. The van der Waals surface area contributed by atoms with E-state index < -0.39 is 79.9 Å². The van der Waals surface area contributed by atoms with Crippen molar-refractivity contribution in [3.8, 4) is 34.5 Å². The number of nitro groups is 2. The number of halogens is 14. The van der Waals surface area contributed by atoms with Gasteiger partial charge in [0.2, 0.25) is 0 Å². The smallest absolute Gasteiger partial charge is 0.550 e. The van der Waals surface area contributed by atoms with Gasteiger partial charge in [-0.05, 0) is 43.3 Å². The van der Waals surface area contributed by atoms with Crippen molar-refractivity contribution in [1.29, 1.82) is 0 Å². The molecule has 0 atom stereocenters. The zero-order valence-electron chi connectivity index (χ0n) is 40.3. The SMILES string of the molecule is C.C.CC(=O)[O-].CNc1ccc(Oc2ccnc(-c3ncc(C(F)(F)F)[nH]3)c2)cc1[N+](=O)[O-].CNc1ccc(Oc2ccnc(C=O)c2)cc1[N+](=O)[O-].N.O.O.O=C(C(Br)Br)C(F)(F)F.O=CC(=O)C(F)(F)F.O=CC(=O)C(F)(F)F.[Na+]. The minimum atomic E-state index is -5.00. The van der Waals surface area contributed by atoms with E-state index in [9.17, 15) is 92.1 Å². The van der Waals surface area contributed by atoms with Crippen molar-refractivity contribution in [2.75, 3.05) is 24.7 Å². The molecule has 0 aliphatic carbocycles. The summed E-state index contributed by atoms with van der Waals surface area (Å²) in [4.78, 5) is 101. The zero-order valence-corrected chi connectivity index (χ0v) is 45.4. The molecule has 0 aliphatic heterocycles. The van der Waals surface area contributed by atoms with Gasteiger partial charge >= 0.3 is 54.3 Å². The zero-order chi connectivity index (χ0) is 58.9. The molecular formula is C42H44Br2F12N9NaO16. The van der Waals surface area contributed by atoms with Crippen molar-refractivity contribution in [1.82, 2.24) is 26.1 Å². The second-order valence-electron chi connectivity index (χ2n) is 12.7. The Kier molecular flexibility index (Phi) is 43.7. The standard InChI is InChI=1S/C16H12F3N5O3.C13H11N3O4.C3HBr2F3O.2C3HF3O2.C2H4O2.2CH4.H3N.Na.2H2O/c1-20-11-3-2-9(7-13(11)24(25)26)27-10-4-5-21-12(6-10)15-22-8-14(23-15)16(17,18)19;1-14-12-3-2-10(7-13(12)16(18)19)20-11-4-5-15-9(6-11)8-17;4-2(5)1(9)3(6,7)8;2*4-3(5,6)2(8)1-7;1-2(3)4;;;;;;/h2-8,20H,1H3,(H,22,23);2-8,14H,1H3;2H;2*1H;1H3,(H,3,4);2*1H4;1H3;;2*1H2/q;;;;;;;;;+1;;/p-1. The molecule has 0 radical (unpaired) electrons. The van der Waals surface area contributed by atoms with Crippen molar-refractivity contribution in [2.24, 2.45) is 0 Å². The first-order chi connectivity index (χ1) is 35.0. The van der Waals surface area contributed by atoms with Gasteiger partial charge in [0.05, 0.1) is 28.2 Å². The average Bonchev–Trinajstić information content (AvgIpc) is 3.85. The van der Waals surface area contributed by atoms with E-state index in [1.165, 1.54) is 54.9 Å². The number of carboxylic acids is 1. The largest absolute Gasteiger partial charge is 1.00 e. The number of benzene rings is 2. The van der Waals surface area contributed by atoms with Crippen LogP contribution in [-0.2, 0) is 34.9 Å². The van der Waals surface area contributed by atoms with Crippen LogP contribution in [0.2, 0.25) is 0 Å². The molecule has 0 amide bonds. The van der Waals surface area contributed by atoms with Gasteiger partial charge < -0.3 is 52.1 Å². The van der Waals surface area contributed by atoms with Crippen LogP contribution >= 0.6 is 31.9 Å². The number of aliphatic carboxylic acids is 1. The van der Waals surface area contributed by atoms with Crippen molar-refractivity contribution in [3.05, 3.63) is 111 Å². The van der Waals surface area contributed by atoms with Gasteiger partial charge in [0.25, 0.3) is 28.7 Å². The Labute approximate surface area is 492 Å². The number of anilines is 2. The van der Waals surface area contributed by atoms with Gasteiger partial charge in [0, 0.05) is 44.6 Å². The molecule has 3 heterocycles. The van der Waals surface area contributed by atoms with E-state index in [0.717, 1.165) is 6.92 Å². The van der Waals surface area contributed by atoms with Gasteiger partial charge in [0.1, 0.15) is 55.2 Å². The third kappa shape index (κ3) is 33.3. The number of carboxylic acid groups (broad SMARTS) is 1. The van der Waals surface area contributed by atoms with Gasteiger partial charge in [-0.25, -0.2) is 4.98 Å². The monoisotopic (exact) mass is 1340 g/mol. The Morgan fingerprint density at radius 2 is 1.01 bits per heavy atom. The number of alkyl halides is 14. The summed E-state index contributed by atoms with van der Waals surface area (Å²) in [7, 11) is 3.15. The van der Waals surface area contributed by atoms with E-state index in [-0.39, 0.29) is 102 Å². The van der Waals surface area contributed by atoms with Crippen LogP contribution in [0.15, 0.2) is 79.3 Å². The second kappa shape index (κ2) is 40.6. The number of hydrogen-bond acceptors (Lipinski definition) is 20. The minimum Gasteiger partial charge on any atom is -0.550 e. The predicted molar refractivity (Wildman–Crippen MR) is 265 cm³/mol. The summed E-state index contributed by atoms with van der Waals surface area (Å²) < 4.78 is 147. The number of rotatable bonds is 13. The van der Waals surface area contributed by atoms with E-state index >= 15 is 0 Å².